The maximum atomic E-state index is 14.7. The topological polar surface area (TPSA) is 62.6 Å². The van der Waals surface area contributed by atoms with Gasteiger partial charge in [0.05, 0.1) is 37.9 Å². The lowest BCUT2D eigenvalue weighted by molar-refractivity contribution is 0.324. The molecule has 33 heavy (non-hydrogen) atoms. The van der Waals surface area contributed by atoms with Crippen molar-refractivity contribution in [1.82, 2.24) is 9.55 Å². The summed E-state index contributed by atoms with van der Waals surface area (Å²) in [6, 6.07) is 14.3. The van der Waals surface area contributed by atoms with Gasteiger partial charge in [-0.3, -0.25) is 9.36 Å². The number of halogens is 2. The van der Waals surface area contributed by atoms with Gasteiger partial charge in [0.2, 0.25) is 5.75 Å². The molecule has 0 spiro atoms. The predicted octanol–water partition coefficient (Wildman–Crippen LogP) is 5.37. The zero-order valence-electron chi connectivity index (χ0n) is 18.1. The van der Waals surface area contributed by atoms with Crippen LogP contribution in [0, 0.1) is 5.82 Å². The third-order valence-corrected chi connectivity index (χ3v) is 5.30. The van der Waals surface area contributed by atoms with E-state index >= 15 is 0 Å². The van der Waals surface area contributed by atoms with Crippen molar-refractivity contribution in [2.75, 3.05) is 21.3 Å². The zero-order valence-corrected chi connectivity index (χ0v) is 18.9. The van der Waals surface area contributed by atoms with Crippen LogP contribution in [0.2, 0.25) is 5.02 Å². The molecule has 0 aliphatic rings. The van der Waals surface area contributed by atoms with Crippen molar-refractivity contribution in [1.29, 1.82) is 0 Å². The average Bonchev–Trinajstić information content (AvgIpc) is 2.82. The quantitative estimate of drug-likeness (QED) is 0.382. The fraction of sp³-hybridized carbons (Fsp3) is 0.120. The number of methoxy groups -OCH3 is 3. The molecule has 8 heteroatoms. The highest BCUT2D eigenvalue weighted by Crippen LogP contribution is 2.38. The number of hydrogen-bond acceptors (Lipinski definition) is 5. The van der Waals surface area contributed by atoms with Crippen LogP contribution in [0.25, 0.3) is 28.7 Å². The molecule has 6 nitrogen and oxygen atoms in total. The van der Waals surface area contributed by atoms with Crippen molar-refractivity contribution < 1.29 is 18.6 Å². The smallest absolute Gasteiger partial charge is 0.266 e. The molecule has 3 aromatic carbocycles. The Bertz CT molecular complexity index is 1410. The minimum atomic E-state index is -0.544. The summed E-state index contributed by atoms with van der Waals surface area (Å²) in [5.74, 6) is 1.09. The molecule has 0 radical (unpaired) electrons. The Hall–Kier alpha value is -3.84. The zero-order chi connectivity index (χ0) is 23.5. The molecule has 0 aliphatic heterocycles. The maximum Gasteiger partial charge on any atom is 0.266 e. The Morgan fingerprint density at radius 1 is 0.939 bits per heavy atom. The van der Waals surface area contributed by atoms with Crippen LogP contribution in [0.5, 0.6) is 17.2 Å². The van der Waals surface area contributed by atoms with Gasteiger partial charge in [-0.05, 0) is 54.1 Å². The largest absolute Gasteiger partial charge is 0.493 e. The van der Waals surface area contributed by atoms with E-state index < -0.39 is 11.4 Å². The van der Waals surface area contributed by atoms with Crippen LogP contribution in [0.1, 0.15) is 11.4 Å². The Kier molecular flexibility index (Phi) is 6.33. The van der Waals surface area contributed by atoms with Crippen LogP contribution < -0.4 is 19.8 Å². The lowest BCUT2D eigenvalue weighted by atomic mass is 10.1. The number of hydrogen-bond donors (Lipinski definition) is 0. The first kappa shape index (κ1) is 22.4. The first-order valence-electron chi connectivity index (χ1n) is 9.92. The van der Waals surface area contributed by atoms with E-state index in [1.165, 1.54) is 38.0 Å². The van der Waals surface area contributed by atoms with Crippen molar-refractivity contribution in [2.45, 2.75) is 0 Å². The third-order valence-electron chi connectivity index (χ3n) is 5.06. The van der Waals surface area contributed by atoms with E-state index in [1.807, 2.05) is 0 Å². The second-order valence-corrected chi connectivity index (χ2v) is 7.45. The number of nitrogens with zero attached hydrogens (tertiary/aromatic N) is 2. The molecule has 0 N–H and O–H groups in total. The molecule has 0 fully saturated rings. The molecule has 0 atom stereocenters. The number of ether oxygens (including phenoxy) is 3. The second-order valence-electron chi connectivity index (χ2n) is 7.02. The van der Waals surface area contributed by atoms with E-state index in [4.69, 9.17) is 25.8 Å². The average molecular weight is 467 g/mol. The van der Waals surface area contributed by atoms with Crippen LogP contribution in [0.3, 0.4) is 0 Å². The third kappa shape index (κ3) is 4.27. The van der Waals surface area contributed by atoms with Gasteiger partial charge in [0.1, 0.15) is 11.6 Å². The standard InChI is InChI=1S/C25H20ClFN2O4/c1-31-21-12-15(13-22(32-2)24(21)33-3)8-11-23-28-19-14-16(26)9-10-17(19)25(30)29(23)20-7-5-4-6-18(20)27/h4-14H,1-3H3/b11-8+. The van der Waals surface area contributed by atoms with Gasteiger partial charge < -0.3 is 14.2 Å². The van der Waals surface area contributed by atoms with Gasteiger partial charge in [-0.15, -0.1) is 0 Å². The van der Waals surface area contributed by atoms with Crippen molar-refractivity contribution >= 4 is 34.7 Å². The van der Waals surface area contributed by atoms with Gasteiger partial charge >= 0.3 is 0 Å². The van der Waals surface area contributed by atoms with Crippen molar-refractivity contribution in [3.05, 3.63) is 87.2 Å². The molecule has 0 aliphatic carbocycles. The van der Waals surface area contributed by atoms with Crippen LogP contribution in [0.15, 0.2) is 59.4 Å². The minimum absolute atomic E-state index is 0.0939. The Balaban J connectivity index is 1.94. The van der Waals surface area contributed by atoms with Crippen molar-refractivity contribution in [3.8, 4) is 22.9 Å². The summed E-state index contributed by atoms with van der Waals surface area (Å²) in [5, 5.41) is 0.769. The van der Waals surface area contributed by atoms with Gasteiger partial charge in [-0.1, -0.05) is 29.8 Å². The predicted molar refractivity (Wildman–Crippen MR) is 127 cm³/mol. The molecular weight excluding hydrogens is 447 g/mol. The Morgan fingerprint density at radius 2 is 1.64 bits per heavy atom. The first-order chi connectivity index (χ1) is 16.0. The summed E-state index contributed by atoms with van der Waals surface area (Å²) >= 11 is 6.11. The van der Waals surface area contributed by atoms with Crippen LogP contribution in [0.4, 0.5) is 4.39 Å². The molecular formula is C25H20ClFN2O4. The maximum absolute atomic E-state index is 14.7. The fourth-order valence-electron chi connectivity index (χ4n) is 3.52. The first-order valence-corrected chi connectivity index (χ1v) is 10.3. The molecule has 0 unspecified atom stereocenters. The van der Waals surface area contributed by atoms with Gasteiger partial charge in [0.15, 0.2) is 11.5 Å². The number of fused-ring (bicyclic) bond motifs is 1. The lowest BCUT2D eigenvalue weighted by Crippen LogP contribution is -2.23. The highest BCUT2D eigenvalue weighted by Gasteiger charge is 2.15. The molecule has 4 rings (SSSR count). The fourth-order valence-corrected chi connectivity index (χ4v) is 3.69. The molecule has 168 valence electrons. The number of aromatic nitrogens is 2. The molecule has 0 amide bonds. The molecule has 1 heterocycles. The van der Waals surface area contributed by atoms with Gasteiger partial charge in [-0.25, -0.2) is 9.37 Å². The number of benzene rings is 3. The highest BCUT2D eigenvalue weighted by molar-refractivity contribution is 6.31. The summed E-state index contributed by atoms with van der Waals surface area (Å²) in [7, 11) is 4.57. The normalized spacial score (nSPS) is 11.2. The monoisotopic (exact) mass is 466 g/mol. The molecule has 0 saturated heterocycles. The van der Waals surface area contributed by atoms with Crippen molar-refractivity contribution in [3.63, 3.8) is 0 Å². The molecule has 0 saturated carbocycles. The number of rotatable bonds is 6. The number of para-hydroxylation sites is 1. The summed E-state index contributed by atoms with van der Waals surface area (Å²) in [5.41, 5.74) is 0.789. The van der Waals surface area contributed by atoms with E-state index in [0.717, 1.165) is 0 Å². The summed E-state index contributed by atoms with van der Waals surface area (Å²) < 4.78 is 32.0. The van der Waals surface area contributed by atoms with E-state index in [1.54, 1.807) is 54.6 Å². The van der Waals surface area contributed by atoms with E-state index in [9.17, 15) is 9.18 Å². The highest BCUT2D eigenvalue weighted by atomic mass is 35.5. The van der Waals surface area contributed by atoms with Gasteiger partial charge in [-0.2, -0.15) is 0 Å². The van der Waals surface area contributed by atoms with Crippen LogP contribution in [-0.2, 0) is 0 Å². The summed E-state index contributed by atoms with van der Waals surface area (Å²) in [6.07, 6.45) is 3.34. The summed E-state index contributed by atoms with van der Waals surface area (Å²) in [4.78, 5) is 17.9. The lowest BCUT2D eigenvalue weighted by Gasteiger charge is -2.14. The van der Waals surface area contributed by atoms with Gasteiger partial charge in [0, 0.05) is 5.02 Å². The Morgan fingerprint density at radius 3 is 2.27 bits per heavy atom. The SMILES string of the molecule is COc1cc(/C=C/c2nc3cc(Cl)ccc3c(=O)n2-c2ccccc2F)cc(OC)c1OC. The molecule has 0 bridgehead atoms. The van der Waals surface area contributed by atoms with E-state index in [0.29, 0.717) is 38.7 Å². The van der Waals surface area contributed by atoms with Crippen LogP contribution in [-0.4, -0.2) is 30.9 Å². The second kappa shape index (κ2) is 9.34. The Labute approximate surface area is 194 Å². The summed E-state index contributed by atoms with van der Waals surface area (Å²) in [6.45, 7) is 0. The molecule has 1 aromatic heterocycles. The van der Waals surface area contributed by atoms with Crippen molar-refractivity contribution in [2.24, 2.45) is 0 Å². The molecule has 4 aromatic rings. The van der Waals surface area contributed by atoms with Gasteiger partial charge in [0.25, 0.3) is 5.56 Å². The van der Waals surface area contributed by atoms with E-state index in [2.05, 4.69) is 4.98 Å². The minimum Gasteiger partial charge on any atom is -0.493 e. The van der Waals surface area contributed by atoms with E-state index in [-0.39, 0.29) is 11.5 Å². The van der Waals surface area contributed by atoms with Crippen LogP contribution >= 0.6 is 11.6 Å².